The van der Waals surface area contributed by atoms with Crippen molar-refractivity contribution in [2.24, 2.45) is 5.41 Å². The Kier molecular flexibility index (Phi) is 2.80. The van der Waals surface area contributed by atoms with Gasteiger partial charge in [0.05, 0.1) is 11.5 Å². The first-order valence-electron chi connectivity index (χ1n) is 5.11. The molecule has 1 aliphatic rings. The second-order valence-corrected chi connectivity index (χ2v) is 5.54. The van der Waals surface area contributed by atoms with E-state index in [2.05, 4.69) is 5.32 Å². The number of thiophene rings is 1. The van der Waals surface area contributed by atoms with Crippen molar-refractivity contribution in [3.05, 3.63) is 21.9 Å². The van der Waals surface area contributed by atoms with E-state index in [1.807, 2.05) is 19.1 Å². The largest absolute Gasteiger partial charge is 0.396 e. The summed E-state index contributed by atoms with van der Waals surface area (Å²) < 4.78 is 0. The van der Waals surface area contributed by atoms with Crippen LogP contribution in [0.5, 0.6) is 0 Å². The second-order valence-electron chi connectivity index (χ2n) is 4.25. The molecule has 0 aromatic carbocycles. The summed E-state index contributed by atoms with van der Waals surface area (Å²) in [5, 5.41) is 12.0. The Balaban J connectivity index is 1.88. The Morgan fingerprint density at radius 1 is 1.60 bits per heavy atom. The molecule has 1 aliphatic carbocycles. The van der Waals surface area contributed by atoms with Crippen LogP contribution in [0.3, 0.4) is 0 Å². The van der Waals surface area contributed by atoms with E-state index in [1.54, 1.807) is 0 Å². The van der Waals surface area contributed by atoms with Gasteiger partial charge in [0.25, 0.3) is 5.91 Å². The Morgan fingerprint density at radius 3 is 2.80 bits per heavy atom. The van der Waals surface area contributed by atoms with Crippen LogP contribution in [-0.2, 0) is 0 Å². The van der Waals surface area contributed by atoms with Crippen molar-refractivity contribution in [1.82, 2.24) is 5.32 Å². The van der Waals surface area contributed by atoms with Gasteiger partial charge in [0.15, 0.2) is 0 Å². The lowest BCUT2D eigenvalue weighted by molar-refractivity contribution is 0.0939. The molecule has 0 aliphatic heterocycles. The summed E-state index contributed by atoms with van der Waals surface area (Å²) in [6.07, 6.45) is 2.04. The fraction of sp³-hybridized carbons (Fsp3) is 0.545. The Bertz CT molecular complexity index is 368. The van der Waals surface area contributed by atoms with E-state index in [1.165, 1.54) is 11.3 Å². The Morgan fingerprint density at radius 2 is 2.33 bits per heavy atom. The third-order valence-corrected chi connectivity index (χ3v) is 3.88. The minimum atomic E-state index is -0.0205. The molecular formula is C11H15NO2S. The van der Waals surface area contributed by atoms with Gasteiger partial charge in [0.1, 0.15) is 0 Å². The summed E-state index contributed by atoms with van der Waals surface area (Å²) in [7, 11) is 0. The van der Waals surface area contributed by atoms with E-state index in [9.17, 15) is 4.79 Å². The molecule has 1 saturated carbocycles. The number of rotatable bonds is 4. The minimum absolute atomic E-state index is 0.0119. The third kappa shape index (κ3) is 2.38. The van der Waals surface area contributed by atoms with E-state index < -0.39 is 0 Å². The van der Waals surface area contributed by atoms with E-state index in [0.29, 0.717) is 6.54 Å². The van der Waals surface area contributed by atoms with Gasteiger partial charge in [-0.3, -0.25) is 4.79 Å². The maximum absolute atomic E-state index is 11.7. The molecule has 1 amide bonds. The molecule has 1 fully saturated rings. The zero-order chi connectivity index (χ0) is 10.9. The summed E-state index contributed by atoms with van der Waals surface area (Å²) in [5.74, 6) is -0.0205. The second kappa shape index (κ2) is 3.94. The van der Waals surface area contributed by atoms with Crippen LogP contribution < -0.4 is 5.32 Å². The highest BCUT2D eigenvalue weighted by molar-refractivity contribution is 7.13. The normalized spacial score (nSPS) is 17.5. The molecule has 2 rings (SSSR count). The van der Waals surface area contributed by atoms with E-state index >= 15 is 0 Å². The van der Waals surface area contributed by atoms with Crippen LogP contribution in [0.2, 0.25) is 0 Å². The molecule has 1 aromatic rings. The number of amides is 1. The number of carbonyl (C=O) groups is 1. The predicted molar refractivity (Wildman–Crippen MR) is 60.1 cm³/mol. The van der Waals surface area contributed by atoms with Crippen molar-refractivity contribution >= 4 is 17.2 Å². The fourth-order valence-corrected chi connectivity index (χ4v) is 2.26. The quantitative estimate of drug-likeness (QED) is 0.817. The van der Waals surface area contributed by atoms with Crippen molar-refractivity contribution in [2.75, 3.05) is 13.2 Å². The number of aliphatic hydroxyl groups is 1. The standard InChI is InChI=1S/C11H15NO2S/c1-8-2-3-9(15-8)10(14)12-6-11(7-13)4-5-11/h2-3,13H,4-7H2,1H3,(H,12,14). The number of nitrogens with one attached hydrogen (secondary N) is 1. The molecule has 0 spiro atoms. The van der Waals surface area contributed by atoms with Crippen LogP contribution in [-0.4, -0.2) is 24.2 Å². The summed E-state index contributed by atoms with van der Waals surface area (Å²) >= 11 is 1.50. The van der Waals surface area contributed by atoms with Gasteiger partial charge in [0.2, 0.25) is 0 Å². The SMILES string of the molecule is Cc1ccc(C(=O)NCC2(CO)CC2)s1. The van der Waals surface area contributed by atoms with E-state index in [4.69, 9.17) is 5.11 Å². The summed E-state index contributed by atoms with van der Waals surface area (Å²) in [6.45, 7) is 2.76. The highest BCUT2D eigenvalue weighted by atomic mass is 32.1. The van der Waals surface area contributed by atoms with Gasteiger partial charge in [-0.15, -0.1) is 11.3 Å². The maximum atomic E-state index is 11.7. The molecule has 3 nitrogen and oxygen atoms in total. The van der Waals surface area contributed by atoms with Gasteiger partial charge in [-0.2, -0.15) is 0 Å². The van der Waals surface area contributed by atoms with E-state index in [-0.39, 0.29) is 17.9 Å². The molecule has 0 saturated heterocycles. The van der Waals surface area contributed by atoms with E-state index in [0.717, 1.165) is 22.6 Å². The molecule has 1 heterocycles. The summed E-state index contributed by atoms with van der Waals surface area (Å²) in [4.78, 5) is 13.6. The predicted octanol–water partition coefficient (Wildman–Crippen LogP) is 1.56. The van der Waals surface area contributed by atoms with Crippen molar-refractivity contribution in [3.8, 4) is 0 Å². The fourth-order valence-electron chi connectivity index (χ4n) is 1.48. The van der Waals surface area contributed by atoms with Gasteiger partial charge < -0.3 is 10.4 Å². The smallest absolute Gasteiger partial charge is 0.261 e. The molecule has 82 valence electrons. The average molecular weight is 225 g/mol. The summed E-state index contributed by atoms with van der Waals surface area (Å²) in [6, 6.07) is 3.78. The lowest BCUT2D eigenvalue weighted by Gasteiger charge is -2.11. The first-order valence-corrected chi connectivity index (χ1v) is 5.92. The van der Waals surface area contributed by atoms with Gasteiger partial charge in [-0.1, -0.05) is 0 Å². The summed E-state index contributed by atoms with van der Waals surface area (Å²) in [5.41, 5.74) is -0.0119. The van der Waals surface area contributed by atoms with Gasteiger partial charge >= 0.3 is 0 Å². The van der Waals surface area contributed by atoms with Crippen LogP contribution in [0, 0.1) is 12.3 Å². The number of hydrogen-bond acceptors (Lipinski definition) is 3. The number of aliphatic hydroxyl groups excluding tert-OH is 1. The zero-order valence-electron chi connectivity index (χ0n) is 8.75. The topological polar surface area (TPSA) is 49.3 Å². The minimum Gasteiger partial charge on any atom is -0.396 e. The van der Waals surface area contributed by atoms with Crippen LogP contribution in [0.15, 0.2) is 12.1 Å². The molecule has 4 heteroatoms. The highest BCUT2D eigenvalue weighted by Gasteiger charge is 2.42. The first kappa shape index (κ1) is 10.6. The average Bonchev–Trinajstić information content (AvgIpc) is 2.90. The molecule has 0 bridgehead atoms. The van der Waals surface area contributed by atoms with Crippen LogP contribution >= 0.6 is 11.3 Å². The molecule has 0 atom stereocenters. The molecule has 1 aromatic heterocycles. The van der Waals surface area contributed by atoms with Crippen LogP contribution in [0.1, 0.15) is 27.4 Å². The van der Waals surface area contributed by atoms with Crippen molar-refractivity contribution < 1.29 is 9.90 Å². The van der Waals surface area contributed by atoms with Crippen molar-refractivity contribution in [1.29, 1.82) is 0 Å². The number of aryl methyl sites for hydroxylation is 1. The number of carbonyl (C=O) groups excluding carboxylic acids is 1. The zero-order valence-corrected chi connectivity index (χ0v) is 9.56. The van der Waals surface area contributed by atoms with Crippen molar-refractivity contribution in [3.63, 3.8) is 0 Å². The lowest BCUT2D eigenvalue weighted by Crippen LogP contribution is -2.31. The van der Waals surface area contributed by atoms with Gasteiger partial charge in [-0.25, -0.2) is 0 Å². The molecule has 15 heavy (non-hydrogen) atoms. The first-order chi connectivity index (χ1) is 7.15. The van der Waals surface area contributed by atoms with Crippen LogP contribution in [0.4, 0.5) is 0 Å². The Labute approximate surface area is 93.1 Å². The van der Waals surface area contributed by atoms with Gasteiger partial charge in [0, 0.05) is 16.8 Å². The number of hydrogen-bond donors (Lipinski definition) is 2. The maximum Gasteiger partial charge on any atom is 0.261 e. The van der Waals surface area contributed by atoms with Gasteiger partial charge in [-0.05, 0) is 31.9 Å². The monoisotopic (exact) mass is 225 g/mol. The van der Waals surface area contributed by atoms with Crippen LogP contribution in [0.25, 0.3) is 0 Å². The molecular weight excluding hydrogens is 210 g/mol. The Hall–Kier alpha value is -0.870. The lowest BCUT2D eigenvalue weighted by atomic mass is 10.1. The molecule has 2 N–H and O–H groups in total. The molecule has 0 unspecified atom stereocenters. The molecule has 0 radical (unpaired) electrons. The van der Waals surface area contributed by atoms with Crippen molar-refractivity contribution in [2.45, 2.75) is 19.8 Å². The third-order valence-electron chi connectivity index (χ3n) is 2.88. The highest BCUT2D eigenvalue weighted by Crippen LogP contribution is 2.44.